The van der Waals surface area contributed by atoms with Crippen LogP contribution in [0.3, 0.4) is 0 Å². The Labute approximate surface area is 127 Å². The first-order valence-corrected chi connectivity index (χ1v) is 6.40. The largest absolute Gasteiger partial charge is 0.473 e. The molecule has 1 aromatic heterocycles. The molecule has 0 atom stereocenters. The van der Waals surface area contributed by atoms with Crippen molar-refractivity contribution in [2.45, 2.75) is 25.9 Å². The standard InChI is InChI=1S/C15H11F6NO/c1-9-6-12(15(19,20)21)7-22-13(9)23-8-10-2-4-11(5-3-10)14(16,17)18/h2-7H,8H2,1H3. The number of nitrogens with zero attached hydrogens (tertiary/aromatic N) is 1. The van der Waals surface area contributed by atoms with Crippen LogP contribution in [0.1, 0.15) is 22.3 Å². The van der Waals surface area contributed by atoms with E-state index in [1.807, 2.05) is 0 Å². The number of hydrogen-bond donors (Lipinski definition) is 0. The molecular weight excluding hydrogens is 324 g/mol. The number of pyridine rings is 1. The van der Waals surface area contributed by atoms with E-state index in [2.05, 4.69) is 4.98 Å². The van der Waals surface area contributed by atoms with Gasteiger partial charge in [0.2, 0.25) is 5.88 Å². The summed E-state index contributed by atoms with van der Waals surface area (Å²) in [6.07, 6.45) is -8.27. The van der Waals surface area contributed by atoms with Crippen LogP contribution in [0.25, 0.3) is 0 Å². The summed E-state index contributed by atoms with van der Waals surface area (Å²) in [6, 6.07) is 5.19. The van der Waals surface area contributed by atoms with Gasteiger partial charge in [-0.3, -0.25) is 0 Å². The monoisotopic (exact) mass is 335 g/mol. The Hall–Kier alpha value is -2.25. The van der Waals surface area contributed by atoms with Crippen LogP contribution in [0.2, 0.25) is 0 Å². The molecule has 0 bridgehead atoms. The molecule has 2 nitrogen and oxygen atoms in total. The molecule has 0 aliphatic rings. The molecule has 0 unspecified atom stereocenters. The fraction of sp³-hybridized carbons (Fsp3) is 0.267. The zero-order valence-electron chi connectivity index (χ0n) is 11.8. The van der Waals surface area contributed by atoms with Gasteiger partial charge in [-0.25, -0.2) is 4.98 Å². The highest BCUT2D eigenvalue weighted by Gasteiger charge is 2.31. The fourth-order valence-corrected chi connectivity index (χ4v) is 1.81. The number of hydrogen-bond acceptors (Lipinski definition) is 2. The average molecular weight is 335 g/mol. The second-order valence-electron chi connectivity index (χ2n) is 4.83. The lowest BCUT2D eigenvalue weighted by atomic mass is 10.1. The van der Waals surface area contributed by atoms with Crippen molar-refractivity contribution in [2.24, 2.45) is 0 Å². The van der Waals surface area contributed by atoms with Crippen LogP contribution in [-0.2, 0) is 19.0 Å². The van der Waals surface area contributed by atoms with Gasteiger partial charge in [0.05, 0.1) is 11.1 Å². The van der Waals surface area contributed by atoms with Crippen LogP contribution < -0.4 is 4.74 Å². The van der Waals surface area contributed by atoms with E-state index in [4.69, 9.17) is 4.74 Å². The number of aryl methyl sites for hydroxylation is 1. The van der Waals surface area contributed by atoms with Crippen LogP contribution >= 0.6 is 0 Å². The van der Waals surface area contributed by atoms with E-state index in [0.717, 1.165) is 18.2 Å². The van der Waals surface area contributed by atoms with Crippen molar-refractivity contribution >= 4 is 0 Å². The Bertz CT molecular complexity index is 676. The molecule has 23 heavy (non-hydrogen) atoms. The van der Waals surface area contributed by atoms with Crippen LogP contribution in [-0.4, -0.2) is 4.98 Å². The fourth-order valence-electron chi connectivity index (χ4n) is 1.81. The molecule has 0 N–H and O–H groups in total. The SMILES string of the molecule is Cc1cc(C(F)(F)F)cnc1OCc1ccc(C(F)(F)F)cc1. The van der Waals surface area contributed by atoms with E-state index in [0.29, 0.717) is 11.8 Å². The summed E-state index contributed by atoms with van der Waals surface area (Å²) in [7, 11) is 0. The molecule has 1 heterocycles. The van der Waals surface area contributed by atoms with E-state index >= 15 is 0 Å². The molecule has 124 valence electrons. The molecule has 8 heteroatoms. The molecule has 2 rings (SSSR count). The van der Waals surface area contributed by atoms with Gasteiger partial charge in [-0.2, -0.15) is 26.3 Å². The lowest BCUT2D eigenvalue weighted by molar-refractivity contribution is -0.138. The van der Waals surface area contributed by atoms with Crippen molar-refractivity contribution < 1.29 is 31.1 Å². The first-order chi connectivity index (χ1) is 10.6. The van der Waals surface area contributed by atoms with Crippen molar-refractivity contribution in [3.63, 3.8) is 0 Å². The number of alkyl halides is 6. The Morgan fingerprint density at radius 1 is 0.913 bits per heavy atom. The van der Waals surface area contributed by atoms with Gasteiger partial charge in [0.1, 0.15) is 6.61 Å². The van der Waals surface area contributed by atoms with Gasteiger partial charge in [-0.05, 0) is 30.7 Å². The van der Waals surface area contributed by atoms with Gasteiger partial charge >= 0.3 is 12.4 Å². The van der Waals surface area contributed by atoms with Crippen molar-refractivity contribution in [3.8, 4) is 5.88 Å². The third kappa shape index (κ3) is 4.37. The number of halogens is 6. The first kappa shape index (κ1) is 17.1. The molecule has 0 radical (unpaired) electrons. The lowest BCUT2D eigenvalue weighted by Gasteiger charge is -2.12. The summed E-state index contributed by atoms with van der Waals surface area (Å²) < 4.78 is 80.1. The molecule has 0 aliphatic heterocycles. The van der Waals surface area contributed by atoms with Crippen molar-refractivity contribution in [1.29, 1.82) is 0 Å². The number of ether oxygens (including phenoxy) is 1. The van der Waals surface area contributed by atoms with E-state index < -0.39 is 23.5 Å². The number of rotatable bonds is 3. The predicted octanol–water partition coefficient (Wildman–Crippen LogP) is 5.01. The highest BCUT2D eigenvalue weighted by molar-refractivity contribution is 5.30. The Morgan fingerprint density at radius 2 is 1.48 bits per heavy atom. The van der Waals surface area contributed by atoms with Gasteiger partial charge in [-0.15, -0.1) is 0 Å². The maximum absolute atomic E-state index is 12.5. The highest BCUT2D eigenvalue weighted by atomic mass is 19.4. The Kier molecular flexibility index (Phi) is 4.53. The van der Waals surface area contributed by atoms with Gasteiger partial charge < -0.3 is 4.74 Å². The molecule has 2 aromatic rings. The smallest absolute Gasteiger partial charge is 0.417 e. The van der Waals surface area contributed by atoms with Crippen LogP contribution in [0, 0.1) is 6.92 Å². The normalized spacial score (nSPS) is 12.3. The summed E-state index contributed by atoms with van der Waals surface area (Å²) in [5, 5.41) is 0. The van der Waals surface area contributed by atoms with Gasteiger partial charge in [-0.1, -0.05) is 12.1 Å². The molecule has 1 aromatic carbocycles. The van der Waals surface area contributed by atoms with E-state index in [-0.39, 0.29) is 18.1 Å². The summed E-state index contributed by atoms with van der Waals surface area (Å²) in [4.78, 5) is 3.59. The van der Waals surface area contributed by atoms with E-state index in [1.165, 1.54) is 19.1 Å². The average Bonchev–Trinajstić information content (AvgIpc) is 2.44. The minimum atomic E-state index is -4.50. The minimum Gasteiger partial charge on any atom is -0.473 e. The Morgan fingerprint density at radius 3 is 1.96 bits per heavy atom. The van der Waals surface area contributed by atoms with Crippen molar-refractivity contribution in [2.75, 3.05) is 0 Å². The lowest BCUT2D eigenvalue weighted by Crippen LogP contribution is -2.08. The first-order valence-electron chi connectivity index (χ1n) is 6.40. The molecule has 0 saturated heterocycles. The summed E-state index contributed by atoms with van der Waals surface area (Å²) >= 11 is 0. The third-order valence-corrected chi connectivity index (χ3v) is 3.01. The van der Waals surface area contributed by atoms with Gasteiger partial charge in [0.15, 0.2) is 0 Å². The molecule has 0 saturated carbocycles. The topological polar surface area (TPSA) is 22.1 Å². The summed E-state index contributed by atoms with van der Waals surface area (Å²) in [6.45, 7) is 1.31. The van der Waals surface area contributed by atoms with Crippen LogP contribution in [0.4, 0.5) is 26.3 Å². The van der Waals surface area contributed by atoms with E-state index in [9.17, 15) is 26.3 Å². The summed E-state index contributed by atoms with van der Waals surface area (Å²) in [5.41, 5.74) is -1.05. The van der Waals surface area contributed by atoms with E-state index in [1.54, 1.807) is 0 Å². The number of benzene rings is 1. The highest BCUT2D eigenvalue weighted by Crippen LogP contribution is 2.31. The zero-order chi connectivity index (χ0) is 17.3. The second-order valence-corrected chi connectivity index (χ2v) is 4.83. The van der Waals surface area contributed by atoms with Crippen molar-refractivity contribution in [3.05, 3.63) is 58.8 Å². The number of aromatic nitrogens is 1. The Balaban J connectivity index is 2.06. The zero-order valence-corrected chi connectivity index (χ0v) is 11.8. The molecule has 0 fully saturated rings. The molecule has 0 aliphatic carbocycles. The van der Waals surface area contributed by atoms with Crippen LogP contribution in [0.15, 0.2) is 36.5 Å². The van der Waals surface area contributed by atoms with Gasteiger partial charge in [0, 0.05) is 11.8 Å². The maximum atomic E-state index is 12.5. The summed E-state index contributed by atoms with van der Waals surface area (Å²) in [5.74, 6) is -0.00195. The molecular formula is C15H11F6NO. The quantitative estimate of drug-likeness (QED) is 0.736. The van der Waals surface area contributed by atoms with Gasteiger partial charge in [0.25, 0.3) is 0 Å². The van der Waals surface area contributed by atoms with Crippen LogP contribution in [0.5, 0.6) is 5.88 Å². The van der Waals surface area contributed by atoms with Crippen molar-refractivity contribution in [1.82, 2.24) is 4.98 Å². The molecule has 0 spiro atoms. The minimum absolute atomic E-state index is 0.00195. The third-order valence-electron chi connectivity index (χ3n) is 3.01. The maximum Gasteiger partial charge on any atom is 0.417 e. The second kappa shape index (κ2) is 6.10. The molecule has 0 amide bonds. The predicted molar refractivity (Wildman–Crippen MR) is 69.8 cm³/mol.